The Hall–Kier alpha value is -1.90. The smallest absolute Gasteiger partial charge is 0.310 e. The van der Waals surface area contributed by atoms with E-state index in [0.717, 1.165) is 16.3 Å². The number of rotatable bonds is 3. The first-order valence-electron chi connectivity index (χ1n) is 6.11. The van der Waals surface area contributed by atoms with E-state index in [0.29, 0.717) is 5.92 Å². The first-order valence-corrected chi connectivity index (χ1v) is 6.11. The van der Waals surface area contributed by atoms with E-state index in [4.69, 9.17) is 5.11 Å². The van der Waals surface area contributed by atoms with E-state index in [1.807, 2.05) is 24.4 Å². The largest absolute Gasteiger partial charge is 0.481 e. The van der Waals surface area contributed by atoms with Crippen molar-refractivity contribution in [3.63, 3.8) is 0 Å². The van der Waals surface area contributed by atoms with E-state index >= 15 is 0 Å². The fraction of sp³-hybridized carbons (Fsp3) is 0.333. The van der Waals surface area contributed by atoms with Gasteiger partial charge in [0, 0.05) is 17.8 Å². The van der Waals surface area contributed by atoms with Gasteiger partial charge < -0.3 is 5.11 Å². The van der Waals surface area contributed by atoms with Gasteiger partial charge in [0.15, 0.2) is 0 Å². The predicted octanol–water partition coefficient (Wildman–Crippen LogP) is 3.55. The van der Waals surface area contributed by atoms with Crippen LogP contribution in [-0.4, -0.2) is 16.1 Å². The molecule has 0 fully saturated rings. The van der Waals surface area contributed by atoms with Crippen molar-refractivity contribution >= 4 is 16.7 Å². The monoisotopic (exact) mass is 243 g/mol. The molecule has 0 saturated heterocycles. The zero-order chi connectivity index (χ0) is 13.3. The summed E-state index contributed by atoms with van der Waals surface area (Å²) in [5.74, 6) is -0.886. The second-order valence-electron chi connectivity index (χ2n) is 4.92. The molecule has 0 aliphatic carbocycles. The molecule has 18 heavy (non-hydrogen) atoms. The van der Waals surface area contributed by atoms with E-state index in [1.165, 1.54) is 5.56 Å². The second-order valence-corrected chi connectivity index (χ2v) is 4.92. The fourth-order valence-electron chi connectivity index (χ4n) is 2.09. The van der Waals surface area contributed by atoms with Crippen LogP contribution in [-0.2, 0) is 4.79 Å². The average Bonchev–Trinajstić information content (AvgIpc) is 2.36. The van der Waals surface area contributed by atoms with Gasteiger partial charge in [-0.05, 0) is 35.4 Å². The molecule has 2 aromatic rings. The lowest BCUT2D eigenvalue weighted by atomic mass is 9.94. The molecule has 0 amide bonds. The van der Waals surface area contributed by atoms with Crippen LogP contribution in [0.2, 0.25) is 0 Å². The topological polar surface area (TPSA) is 50.2 Å². The third-order valence-electron chi connectivity index (χ3n) is 3.31. The van der Waals surface area contributed by atoms with Crippen LogP contribution in [0.3, 0.4) is 0 Å². The van der Waals surface area contributed by atoms with Gasteiger partial charge in [0.05, 0.1) is 5.92 Å². The Bertz CT molecular complexity index is 590. The SMILES string of the molecule is CC(C)c1cncc2cc(C(C)C(=O)O)ccc12. The quantitative estimate of drug-likeness (QED) is 0.896. The summed E-state index contributed by atoms with van der Waals surface area (Å²) >= 11 is 0. The third-order valence-corrected chi connectivity index (χ3v) is 3.31. The molecule has 1 heterocycles. The molecule has 94 valence electrons. The van der Waals surface area contributed by atoms with Gasteiger partial charge in [0.2, 0.25) is 0 Å². The van der Waals surface area contributed by atoms with Crippen molar-refractivity contribution in [2.45, 2.75) is 32.6 Å². The lowest BCUT2D eigenvalue weighted by Crippen LogP contribution is -2.07. The fourth-order valence-corrected chi connectivity index (χ4v) is 2.09. The lowest BCUT2D eigenvalue weighted by molar-refractivity contribution is -0.138. The highest BCUT2D eigenvalue weighted by Crippen LogP contribution is 2.27. The molecule has 1 atom stereocenters. The van der Waals surface area contributed by atoms with Crippen molar-refractivity contribution in [1.82, 2.24) is 4.98 Å². The number of hydrogen-bond acceptors (Lipinski definition) is 2. The van der Waals surface area contributed by atoms with Crippen LogP contribution < -0.4 is 0 Å². The van der Waals surface area contributed by atoms with Gasteiger partial charge in [-0.2, -0.15) is 0 Å². The number of pyridine rings is 1. The minimum atomic E-state index is -0.803. The zero-order valence-electron chi connectivity index (χ0n) is 10.8. The molecule has 1 aromatic heterocycles. The van der Waals surface area contributed by atoms with Gasteiger partial charge in [-0.15, -0.1) is 0 Å². The first-order chi connectivity index (χ1) is 8.50. The molecule has 2 rings (SSSR count). The Kier molecular flexibility index (Phi) is 3.32. The Morgan fingerprint density at radius 2 is 1.94 bits per heavy atom. The maximum atomic E-state index is 11.0. The van der Waals surface area contributed by atoms with Crippen molar-refractivity contribution in [3.8, 4) is 0 Å². The standard InChI is InChI=1S/C15H17NO2/c1-9(2)14-8-16-7-12-6-11(4-5-13(12)14)10(3)15(17)18/h4-10H,1-3H3,(H,17,18). The van der Waals surface area contributed by atoms with Crippen LogP contribution in [0, 0.1) is 0 Å². The van der Waals surface area contributed by atoms with Gasteiger partial charge in [0.25, 0.3) is 0 Å². The highest BCUT2D eigenvalue weighted by Gasteiger charge is 2.14. The van der Waals surface area contributed by atoms with Crippen LogP contribution in [0.5, 0.6) is 0 Å². The Morgan fingerprint density at radius 3 is 2.56 bits per heavy atom. The third kappa shape index (κ3) is 2.21. The highest BCUT2D eigenvalue weighted by molar-refractivity contribution is 5.87. The number of carbonyl (C=O) groups is 1. The number of benzene rings is 1. The summed E-state index contributed by atoms with van der Waals surface area (Å²) in [5.41, 5.74) is 2.01. The van der Waals surface area contributed by atoms with Gasteiger partial charge >= 0.3 is 5.97 Å². The molecule has 3 heteroatoms. The van der Waals surface area contributed by atoms with E-state index in [-0.39, 0.29) is 0 Å². The number of carboxylic acids is 1. The molecular weight excluding hydrogens is 226 g/mol. The van der Waals surface area contributed by atoms with Crippen molar-refractivity contribution < 1.29 is 9.90 Å². The zero-order valence-corrected chi connectivity index (χ0v) is 10.8. The number of fused-ring (bicyclic) bond motifs is 1. The summed E-state index contributed by atoms with van der Waals surface area (Å²) in [6.45, 7) is 5.96. The molecule has 3 nitrogen and oxygen atoms in total. The normalized spacial score (nSPS) is 12.9. The molecule has 0 radical (unpaired) electrons. The molecular formula is C15H17NO2. The van der Waals surface area contributed by atoms with Gasteiger partial charge in [-0.25, -0.2) is 0 Å². The van der Waals surface area contributed by atoms with Gasteiger partial charge in [-0.1, -0.05) is 26.0 Å². The molecule has 0 aliphatic heterocycles. The number of aliphatic carboxylic acids is 1. The molecule has 0 aliphatic rings. The maximum Gasteiger partial charge on any atom is 0.310 e. The van der Waals surface area contributed by atoms with E-state index < -0.39 is 11.9 Å². The average molecular weight is 243 g/mol. The van der Waals surface area contributed by atoms with E-state index in [1.54, 1.807) is 13.1 Å². The van der Waals surface area contributed by atoms with Crippen LogP contribution in [0.1, 0.15) is 43.7 Å². The number of aromatic nitrogens is 1. The molecule has 0 bridgehead atoms. The minimum absolute atomic E-state index is 0.406. The van der Waals surface area contributed by atoms with Crippen LogP contribution in [0.25, 0.3) is 10.8 Å². The number of hydrogen-bond donors (Lipinski definition) is 1. The maximum absolute atomic E-state index is 11.0. The molecule has 1 aromatic carbocycles. The van der Waals surface area contributed by atoms with Crippen molar-refractivity contribution in [2.24, 2.45) is 0 Å². The summed E-state index contributed by atoms with van der Waals surface area (Å²) in [6, 6.07) is 5.82. The van der Waals surface area contributed by atoms with Gasteiger partial charge in [0.1, 0.15) is 0 Å². The lowest BCUT2D eigenvalue weighted by Gasteiger charge is -2.12. The first kappa shape index (κ1) is 12.6. The second kappa shape index (κ2) is 4.77. The van der Waals surface area contributed by atoms with Crippen LogP contribution >= 0.6 is 0 Å². The molecule has 1 N–H and O–H groups in total. The summed E-state index contributed by atoms with van der Waals surface area (Å²) in [7, 11) is 0. The number of nitrogens with zero attached hydrogens (tertiary/aromatic N) is 1. The summed E-state index contributed by atoms with van der Waals surface area (Å²) in [4.78, 5) is 15.2. The highest BCUT2D eigenvalue weighted by atomic mass is 16.4. The summed E-state index contributed by atoms with van der Waals surface area (Å²) in [5, 5.41) is 11.2. The predicted molar refractivity (Wildman–Crippen MR) is 71.9 cm³/mol. The van der Waals surface area contributed by atoms with Crippen molar-refractivity contribution in [1.29, 1.82) is 0 Å². The Balaban J connectivity index is 2.57. The molecule has 0 spiro atoms. The molecule has 0 saturated carbocycles. The Labute approximate surface area is 106 Å². The van der Waals surface area contributed by atoms with Gasteiger partial charge in [-0.3, -0.25) is 9.78 Å². The van der Waals surface area contributed by atoms with Crippen molar-refractivity contribution in [3.05, 3.63) is 41.7 Å². The number of carboxylic acid groups (broad SMARTS) is 1. The summed E-state index contributed by atoms with van der Waals surface area (Å²) < 4.78 is 0. The van der Waals surface area contributed by atoms with Crippen LogP contribution in [0.4, 0.5) is 0 Å². The minimum Gasteiger partial charge on any atom is -0.481 e. The molecule has 1 unspecified atom stereocenters. The van der Waals surface area contributed by atoms with Crippen molar-refractivity contribution in [2.75, 3.05) is 0 Å². The Morgan fingerprint density at radius 1 is 1.22 bits per heavy atom. The van der Waals surface area contributed by atoms with E-state index in [9.17, 15) is 4.79 Å². The van der Waals surface area contributed by atoms with Crippen LogP contribution in [0.15, 0.2) is 30.6 Å². The summed E-state index contributed by atoms with van der Waals surface area (Å²) in [6.07, 6.45) is 3.67. The van der Waals surface area contributed by atoms with E-state index in [2.05, 4.69) is 18.8 Å².